The van der Waals surface area contributed by atoms with E-state index >= 15 is 0 Å². The molecule has 3 aromatic heterocycles. The number of aliphatic hydroxyl groups excluding tert-OH is 1. The Balaban J connectivity index is 1.67. The lowest BCUT2D eigenvalue weighted by atomic mass is 10.2. The summed E-state index contributed by atoms with van der Waals surface area (Å²) in [5, 5.41) is 16.5. The fourth-order valence-electron chi connectivity index (χ4n) is 2.05. The average Bonchev–Trinajstić information content (AvgIpc) is 3.12. The second-order valence-electron chi connectivity index (χ2n) is 4.54. The van der Waals surface area contributed by atoms with Crippen LogP contribution in [0.5, 0.6) is 0 Å². The van der Waals surface area contributed by atoms with Gasteiger partial charge in [0.05, 0.1) is 11.7 Å². The van der Waals surface area contributed by atoms with Crippen molar-refractivity contribution in [1.82, 2.24) is 9.72 Å². The van der Waals surface area contributed by atoms with Crippen molar-refractivity contribution in [2.75, 3.05) is 6.54 Å². The Morgan fingerprint density at radius 2 is 2.30 bits per heavy atom. The minimum atomic E-state index is -0.665. The van der Waals surface area contributed by atoms with Gasteiger partial charge in [-0.25, -0.2) is 0 Å². The van der Waals surface area contributed by atoms with E-state index in [9.17, 15) is 9.90 Å². The molecule has 0 saturated heterocycles. The van der Waals surface area contributed by atoms with Gasteiger partial charge in [0.2, 0.25) is 0 Å². The first-order valence-corrected chi connectivity index (χ1v) is 7.23. The topological polar surface area (TPSA) is 53.7 Å². The molecule has 0 saturated carbocycles. The Morgan fingerprint density at radius 3 is 3.05 bits per heavy atom. The van der Waals surface area contributed by atoms with Crippen LogP contribution < -0.4 is 5.32 Å². The maximum atomic E-state index is 12.1. The van der Waals surface area contributed by atoms with Crippen LogP contribution in [0, 0.1) is 0 Å². The van der Waals surface area contributed by atoms with E-state index < -0.39 is 6.10 Å². The summed E-state index contributed by atoms with van der Waals surface area (Å²) in [4.78, 5) is 12.1. The Morgan fingerprint density at radius 1 is 1.40 bits per heavy atom. The summed E-state index contributed by atoms with van der Waals surface area (Å²) in [6.07, 6.45) is 3.01. The van der Waals surface area contributed by atoms with Gasteiger partial charge in [-0.15, -0.1) is 0 Å². The van der Waals surface area contributed by atoms with Crippen LogP contribution >= 0.6 is 11.3 Å². The molecule has 0 aliphatic heterocycles. The number of fused-ring (bicyclic) bond motifs is 1. The number of pyridine rings is 1. The van der Waals surface area contributed by atoms with E-state index in [1.54, 1.807) is 6.20 Å². The summed E-state index contributed by atoms with van der Waals surface area (Å²) in [7, 11) is 0. The number of aliphatic hydroxyl groups is 1. The largest absolute Gasteiger partial charge is 0.387 e. The fraction of sp³-hybridized carbons (Fsp3) is 0.133. The highest BCUT2D eigenvalue weighted by Gasteiger charge is 2.12. The minimum Gasteiger partial charge on any atom is -0.387 e. The van der Waals surface area contributed by atoms with Gasteiger partial charge in [0.15, 0.2) is 0 Å². The molecule has 0 aromatic carbocycles. The Hall–Kier alpha value is -2.11. The van der Waals surface area contributed by atoms with Gasteiger partial charge in [-0.2, -0.15) is 11.3 Å². The summed E-state index contributed by atoms with van der Waals surface area (Å²) in [6, 6.07) is 9.46. The van der Waals surface area contributed by atoms with Gasteiger partial charge in [-0.05, 0) is 40.6 Å². The molecule has 1 amide bonds. The van der Waals surface area contributed by atoms with Crippen molar-refractivity contribution in [2.45, 2.75) is 6.10 Å². The Bertz CT molecular complexity index is 685. The first kappa shape index (κ1) is 12.9. The lowest BCUT2D eigenvalue weighted by molar-refractivity contribution is 0.0916. The second kappa shape index (κ2) is 5.48. The number of amides is 1. The van der Waals surface area contributed by atoms with Crippen molar-refractivity contribution in [3.8, 4) is 0 Å². The van der Waals surface area contributed by atoms with Gasteiger partial charge in [-0.3, -0.25) is 4.79 Å². The molecule has 3 aromatic rings. The number of carbonyl (C=O) groups is 1. The third kappa shape index (κ3) is 2.59. The number of aromatic nitrogens is 1. The Kier molecular flexibility index (Phi) is 3.54. The van der Waals surface area contributed by atoms with Crippen LogP contribution in [0.25, 0.3) is 5.52 Å². The molecular weight excluding hydrogens is 272 g/mol. The number of nitrogens with zero attached hydrogens (tertiary/aromatic N) is 1. The first-order chi connectivity index (χ1) is 9.74. The molecule has 0 fully saturated rings. The van der Waals surface area contributed by atoms with Crippen molar-refractivity contribution in [1.29, 1.82) is 0 Å². The lowest BCUT2D eigenvalue weighted by Gasteiger charge is -2.09. The molecule has 0 aliphatic rings. The molecular formula is C15H14N2O2S. The Labute approximate surface area is 120 Å². The summed E-state index contributed by atoms with van der Waals surface area (Å²) in [5.41, 5.74) is 2.39. The van der Waals surface area contributed by atoms with Crippen molar-refractivity contribution in [2.24, 2.45) is 0 Å². The van der Waals surface area contributed by atoms with Gasteiger partial charge >= 0.3 is 0 Å². The molecule has 0 aliphatic carbocycles. The molecule has 4 nitrogen and oxygen atoms in total. The molecule has 20 heavy (non-hydrogen) atoms. The number of carbonyl (C=O) groups excluding carboxylic acids is 1. The van der Waals surface area contributed by atoms with Crippen LogP contribution in [-0.4, -0.2) is 22.0 Å². The van der Waals surface area contributed by atoms with Crippen molar-refractivity contribution in [3.05, 3.63) is 64.6 Å². The lowest BCUT2D eigenvalue weighted by Crippen LogP contribution is -2.27. The van der Waals surface area contributed by atoms with Gasteiger partial charge < -0.3 is 14.8 Å². The van der Waals surface area contributed by atoms with E-state index in [1.165, 1.54) is 11.3 Å². The molecule has 0 spiro atoms. The number of hydrogen-bond donors (Lipinski definition) is 2. The van der Waals surface area contributed by atoms with Crippen LogP contribution in [0.3, 0.4) is 0 Å². The van der Waals surface area contributed by atoms with Crippen molar-refractivity contribution >= 4 is 22.8 Å². The zero-order chi connectivity index (χ0) is 13.9. The summed E-state index contributed by atoms with van der Waals surface area (Å²) in [5.74, 6) is -0.178. The van der Waals surface area contributed by atoms with Gasteiger partial charge in [-0.1, -0.05) is 6.07 Å². The third-order valence-electron chi connectivity index (χ3n) is 3.15. The highest BCUT2D eigenvalue weighted by atomic mass is 32.1. The van der Waals surface area contributed by atoms with E-state index in [0.717, 1.165) is 11.1 Å². The molecule has 1 unspecified atom stereocenters. The second-order valence-corrected chi connectivity index (χ2v) is 5.32. The molecule has 3 rings (SSSR count). The molecule has 1 atom stereocenters. The predicted octanol–water partition coefficient (Wildman–Crippen LogP) is 2.46. The number of hydrogen-bond acceptors (Lipinski definition) is 3. The van der Waals surface area contributed by atoms with Gasteiger partial charge in [0, 0.05) is 24.5 Å². The zero-order valence-corrected chi connectivity index (χ0v) is 11.5. The molecule has 5 heteroatoms. The van der Waals surface area contributed by atoms with Crippen LogP contribution in [0.2, 0.25) is 0 Å². The monoisotopic (exact) mass is 286 g/mol. The van der Waals surface area contributed by atoms with Crippen LogP contribution in [0.15, 0.2) is 53.5 Å². The van der Waals surface area contributed by atoms with Crippen LogP contribution in [0.1, 0.15) is 22.0 Å². The number of rotatable bonds is 4. The molecule has 3 heterocycles. The van der Waals surface area contributed by atoms with Crippen LogP contribution in [-0.2, 0) is 0 Å². The molecule has 0 bridgehead atoms. The van der Waals surface area contributed by atoms with Crippen LogP contribution in [0.4, 0.5) is 0 Å². The highest BCUT2D eigenvalue weighted by Crippen LogP contribution is 2.15. The average molecular weight is 286 g/mol. The highest BCUT2D eigenvalue weighted by molar-refractivity contribution is 7.07. The molecule has 102 valence electrons. The third-order valence-corrected chi connectivity index (χ3v) is 3.85. The smallest absolute Gasteiger partial charge is 0.252 e. The van der Waals surface area contributed by atoms with E-state index in [4.69, 9.17) is 0 Å². The van der Waals surface area contributed by atoms with E-state index in [1.807, 2.05) is 51.7 Å². The fourth-order valence-corrected chi connectivity index (χ4v) is 2.76. The molecule has 2 N–H and O–H groups in total. The number of nitrogens with one attached hydrogen (secondary N) is 1. The van der Waals surface area contributed by atoms with Crippen molar-refractivity contribution in [3.63, 3.8) is 0 Å². The standard InChI is InChI=1S/C15H14N2O2S/c18-14(11-4-6-20-10-11)8-16-15(19)12-7-13-3-1-2-5-17(13)9-12/h1-7,9-10,14,18H,8H2,(H,16,19). The number of thiophene rings is 1. The first-order valence-electron chi connectivity index (χ1n) is 6.29. The predicted molar refractivity (Wildman–Crippen MR) is 79.0 cm³/mol. The summed E-state index contributed by atoms with van der Waals surface area (Å²) in [6.45, 7) is 0.210. The van der Waals surface area contributed by atoms with E-state index in [2.05, 4.69) is 5.32 Å². The maximum absolute atomic E-state index is 12.1. The van der Waals surface area contributed by atoms with Gasteiger partial charge in [0.25, 0.3) is 5.91 Å². The van der Waals surface area contributed by atoms with E-state index in [0.29, 0.717) is 5.56 Å². The minimum absolute atomic E-state index is 0.178. The zero-order valence-electron chi connectivity index (χ0n) is 10.7. The summed E-state index contributed by atoms with van der Waals surface area (Å²) >= 11 is 1.53. The normalized spacial score (nSPS) is 12.4. The quantitative estimate of drug-likeness (QED) is 0.774. The van der Waals surface area contributed by atoms with Crippen molar-refractivity contribution < 1.29 is 9.90 Å². The molecule has 0 radical (unpaired) electrons. The maximum Gasteiger partial charge on any atom is 0.252 e. The SMILES string of the molecule is O=C(NCC(O)c1ccsc1)c1cc2ccccn2c1. The van der Waals surface area contributed by atoms with Gasteiger partial charge in [0.1, 0.15) is 0 Å². The van der Waals surface area contributed by atoms with E-state index in [-0.39, 0.29) is 12.5 Å². The summed E-state index contributed by atoms with van der Waals surface area (Å²) < 4.78 is 1.89.